The molecule has 96 valence electrons. The van der Waals surface area contributed by atoms with E-state index in [1.807, 2.05) is 0 Å². The molecular weight excluding hydrogens is 220 g/mol. The molecule has 1 aliphatic rings. The van der Waals surface area contributed by atoms with Crippen LogP contribution in [0.15, 0.2) is 24.3 Å². The zero-order valence-electron chi connectivity index (χ0n) is 11.5. The van der Waals surface area contributed by atoms with E-state index in [4.69, 9.17) is 0 Å². The molecule has 1 aromatic rings. The molecule has 0 spiro atoms. The predicted molar refractivity (Wildman–Crippen MR) is 75.3 cm³/mol. The third kappa shape index (κ3) is 2.36. The molecule has 3 atom stereocenters. The molecule has 1 saturated carbocycles. The Hall–Kier alpha value is -1.49. The van der Waals surface area contributed by atoms with E-state index in [0.29, 0.717) is 11.8 Å². The van der Waals surface area contributed by atoms with Crippen LogP contribution in [0.3, 0.4) is 0 Å². The molecule has 0 aliphatic heterocycles. The second-order valence-corrected chi connectivity index (χ2v) is 5.73. The van der Waals surface area contributed by atoms with Crippen molar-refractivity contribution in [1.29, 1.82) is 5.26 Å². The van der Waals surface area contributed by atoms with Crippen LogP contribution in [0.5, 0.6) is 0 Å². The standard InChI is InChI=1S/C16H22N2/c1-12-6-8-15(9-7-12)18-16(11-17)10-4-5-13(2)14(16)3/h6-9,13-14,18H,4-5,10H2,1-3H3. The molecule has 0 heterocycles. The van der Waals surface area contributed by atoms with E-state index in [-0.39, 0.29) is 0 Å². The minimum absolute atomic E-state index is 0.387. The molecular formula is C16H22N2. The predicted octanol–water partition coefficient (Wildman–Crippen LogP) is 4.13. The van der Waals surface area contributed by atoms with Crippen LogP contribution in [0.1, 0.15) is 38.7 Å². The van der Waals surface area contributed by atoms with Gasteiger partial charge in [0.1, 0.15) is 5.54 Å². The van der Waals surface area contributed by atoms with Gasteiger partial charge in [0.15, 0.2) is 0 Å². The number of rotatable bonds is 2. The molecule has 1 aliphatic carbocycles. The van der Waals surface area contributed by atoms with Gasteiger partial charge < -0.3 is 5.32 Å². The van der Waals surface area contributed by atoms with Gasteiger partial charge in [0.05, 0.1) is 6.07 Å². The maximum absolute atomic E-state index is 9.63. The molecule has 0 bridgehead atoms. The molecule has 2 rings (SSSR count). The van der Waals surface area contributed by atoms with Crippen molar-refractivity contribution in [3.8, 4) is 6.07 Å². The summed E-state index contributed by atoms with van der Waals surface area (Å²) in [5.74, 6) is 0.994. The summed E-state index contributed by atoms with van der Waals surface area (Å²) in [7, 11) is 0. The van der Waals surface area contributed by atoms with E-state index in [1.54, 1.807) is 0 Å². The number of nitrogens with one attached hydrogen (secondary N) is 1. The third-order valence-electron chi connectivity index (χ3n) is 4.48. The molecule has 3 unspecified atom stereocenters. The van der Waals surface area contributed by atoms with Crippen LogP contribution >= 0.6 is 0 Å². The van der Waals surface area contributed by atoms with Gasteiger partial charge in [0.25, 0.3) is 0 Å². The highest BCUT2D eigenvalue weighted by atomic mass is 15.0. The summed E-state index contributed by atoms with van der Waals surface area (Å²) in [5.41, 5.74) is 1.91. The Morgan fingerprint density at radius 3 is 2.56 bits per heavy atom. The van der Waals surface area contributed by atoms with Crippen molar-refractivity contribution < 1.29 is 0 Å². The van der Waals surface area contributed by atoms with Gasteiger partial charge in [-0.25, -0.2) is 0 Å². The normalized spacial score (nSPS) is 31.7. The first-order chi connectivity index (χ1) is 8.57. The number of benzene rings is 1. The lowest BCUT2D eigenvalue weighted by Crippen LogP contribution is -2.48. The van der Waals surface area contributed by atoms with Gasteiger partial charge in [0, 0.05) is 5.69 Å². The lowest BCUT2D eigenvalue weighted by molar-refractivity contribution is 0.206. The van der Waals surface area contributed by atoms with E-state index < -0.39 is 5.54 Å². The number of nitrogens with zero attached hydrogens (tertiary/aromatic N) is 1. The summed E-state index contributed by atoms with van der Waals surface area (Å²) in [6.45, 7) is 6.54. The topological polar surface area (TPSA) is 35.8 Å². The highest BCUT2D eigenvalue weighted by Gasteiger charge is 2.41. The smallest absolute Gasteiger partial charge is 0.128 e. The fourth-order valence-corrected chi connectivity index (χ4v) is 2.92. The van der Waals surface area contributed by atoms with Gasteiger partial charge in [-0.2, -0.15) is 5.26 Å². The second kappa shape index (κ2) is 5.02. The minimum Gasteiger partial charge on any atom is -0.367 e. The van der Waals surface area contributed by atoms with Gasteiger partial charge in [-0.3, -0.25) is 0 Å². The largest absolute Gasteiger partial charge is 0.367 e. The van der Waals surface area contributed by atoms with E-state index in [9.17, 15) is 5.26 Å². The van der Waals surface area contributed by atoms with E-state index in [2.05, 4.69) is 56.4 Å². The highest BCUT2D eigenvalue weighted by molar-refractivity contribution is 5.49. The first-order valence-corrected chi connectivity index (χ1v) is 6.83. The maximum Gasteiger partial charge on any atom is 0.128 e. The quantitative estimate of drug-likeness (QED) is 0.846. The Morgan fingerprint density at radius 1 is 1.28 bits per heavy atom. The van der Waals surface area contributed by atoms with E-state index in [0.717, 1.165) is 18.5 Å². The van der Waals surface area contributed by atoms with E-state index >= 15 is 0 Å². The van der Waals surface area contributed by atoms with Crippen molar-refractivity contribution in [2.75, 3.05) is 5.32 Å². The van der Waals surface area contributed by atoms with Gasteiger partial charge >= 0.3 is 0 Å². The fourth-order valence-electron chi connectivity index (χ4n) is 2.92. The molecule has 2 heteroatoms. The van der Waals surface area contributed by atoms with Crippen molar-refractivity contribution >= 4 is 5.69 Å². The Morgan fingerprint density at radius 2 is 1.94 bits per heavy atom. The Bertz CT molecular complexity index is 443. The molecule has 1 fully saturated rings. The number of nitriles is 1. The monoisotopic (exact) mass is 242 g/mol. The SMILES string of the molecule is Cc1ccc(NC2(C#N)CCCC(C)C2C)cc1. The van der Waals surface area contributed by atoms with Crippen molar-refractivity contribution in [2.45, 2.75) is 45.6 Å². The van der Waals surface area contributed by atoms with Crippen LogP contribution in [0.2, 0.25) is 0 Å². The molecule has 0 aromatic heterocycles. The summed E-state index contributed by atoms with van der Waals surface area (Å²) in [5, 5.41) is 13.1. The van der Waals surface area contributed by atoms with Gasteiger partial charge in [0.2, 0.25) is 0 Å². The van der Waals surface area contributed by atoms with E-state index in [1.165, 1.54) is 12.0 Å². The van der Waals surface area contributed by atoms with Gasteiger partial charge in [-0.15, -0.1) is 0 Å². The number of aryl methyl sites for hydroxylation is 1. The third-order valence-corrected chi connectivity index (χ3v) is 4.48. The van der Waals surface area contributed by atoms with Crippen LogP contribution in [0, 0.1) is 30.1 Å². The summed E-state index contributed by atoms with van der Waals surface area (Å²) in [4.78, 5) is 0. The number of hydrogen-bond donors (Lipinski definition) is 1. The van der Waals surface area contributed by atoms with Gasteiger partial charge in [-0.1, -0.05) is 38.0 Å². The first-order valence-electron chi connectivity index (χ1n) is 6.83. The fraction of sp³-hybridized carbons (Fsp3) is 0.562. The average Bonchev–Trinajstić information content (AvgIpc) is 2.38. The van der Waals surface area contributed by atoms with Crippen LogP contribution in [-0.4, -0.2) is 5.54 Å². The molecule has 0 saturated heterocycles. The molecule has 1 aromatic carbocycles. The molecule has 2 nitrogen and oxygen atoms in total. The number of anilines is 1. The Balaban J connectivity index is 2.23. The Kier molecular flexibility index (Phi) is 3.61. The van der Waals surface area contributed by atoms with Crippen molar-refractivity contribution in [3.63, 3.8) is 0 Å². The second-order valence-electron chi connectivity index (χ2n) is 5.73. The molecule has 0 amide bonds. The van der Waals surface area contributed by atoms with Crippen molar-refractivity contribution in [3.05, 3.63) is 29.8 Å². The summed E-state index contributed by atoms with van der Waals surface area (Å²) in [6.07, 6.45) is 3.32. The number of hydrogen-bond acceptors (Lipinski definition) is 2. The summed E-state index contributed by atoms with van der Waals surface area (Å²) in [6, 6.07) is 10.9. The minimum atomic E-state index is -0.396. The lowest BCUT2D eigenvalue weighted by atomic mass is 9.69. The van der Waals surface area contributed by atoms with Crippen molar-refractivity contribution in [1.82, 2.24) is 0 Å². The molecule has 0 radical (unpaired) electrons. The zero-order chi connectivity index (χ0) is 13.2. The van der Waals surface area contributed by atoms with Crippen LogP contribution < -0.4 is 5.32 Å². The molecule has 1 N–H and O–H groups in total. The zero-order valence-corrected chi connectivity index (χ0v) is 11.5. The average molecular weight is 242 g/mol. The van der Waals surface area contributed by atoms with Crippen LogP contribution in [0.25, 0.3) is 0 Å². The van der Waals surface area contributed by atoms with Crippen LogP contribution in [0.4, 0.5) is 5.69 Å². The molecule has 18 heavy (non-hydrogen) atoms. The van der Waals surface area contributed by atoms with Crippen LogP contribution in [-0.2, 0) is 0 Å². The van der Waals surface area contributed by atoms with Crippen molar-refractivity contribution in [2.24, 2.45) is 11.8 Å². The summed E-state index contributed by atoms with van der Waals surface area (Å²) < 4.78 is 0. The van der Waals surface area contributed by atoms with Gasteiger partial charge in [-0.05, 0) is 43.7 Å². The Labute approximate surface area is 110 Å². The maximum atomic E-state index is 9.63. The summed E-state index contributed by atoms with van der Waals surface area (Å²) >= 11 is 0. The highest BCUT2D eigenvalue weighted by Crippen LogP contribution is 2.39. The first kappa shape index (κ1) is 13.0. The lowest BCUT2D eigenvalue weighted by Gasteiger charge is -2.42.